The van der Waals surface area contributed by atoms with Crippen molar-refractivity contribution in [3.8, 4) is 5.69 Å². The Morgan fingerprint density at radius 2 is 2.22 bits per heavy atom. The van der Waals surface area contributed by atoms with Gasteiger partial charge in [0.1, 0.15) is 12.0 Å². The first kappa shape index (κ1) is 12.7. The molecule has 0 unspecified atom stereocenters. The Balaban J connectivity index is 2.67. The third kappa shape index (κ3) is 2.24. The molecule has 1 aromatic heterocycles. The van der Waals surface area contributed by atoms with Crippen LogP contribution in [0.15, 0.2) is 29.7 Å². The van der Waals surface area contributed by atoms with Crippen molar-refractivity contribution >= 4 is 28.1 Å². The summed E-state index contributed by atoms with van der Waals surface area (Å²) in [5.74, 6) is 0. The summed E-state index contributed by atoms with van der Waals surface area (Å²) >= 11 is 5.72. The molecule has 2 rings (SSSR count). The third-order valence-electron chi connectivity index (χ3n) is 2.17. The van der Waals surface area contributed by atoms with Crippen LogP contribution in [0.25, 0.3) is 5.69 Å². The molecule has 1 aromatic carbocycles. The molecule has 0 aliphatic heterocycles. The molecule has 0 spiro atoms. The number of hydrogen-bond donors (Lipinski definition) is 0. The van der Waals surface area contributed by atoms with E-state index in [1.165, 1.54) is 35.3 Å². The average molecular weight is 287 g/mol. The molecule has 0 radical (unpaired) electrons. The molecule has 0 bridgehead atoms. The highest BCUT2D eigenvalue weighted by Gasteiger charge is 2.19. The van der Waals surface area contributed by atoms with Gasteiger partial charge in [0.15, 0.2) is 0 Å². The molecule has 1 atom stereocenters. The highest BCUT2D eigenvalue weighted by molar-refractivity contribution is 7.84. The second kappa shape index (κ2) is 4.83. The number of aromatic nitrogens is 3. The van der Waals surface area contributed by atoms with Gasteiger partial charge < -0.3 is 0 Å². The molecule has 0 aliphatic rings. The van der Waals surface area contributed by atoms with E-state index >= 15 is 0 Å². The summed E-state index contributed by atoms with van der Waals surface area (Å²) in [6.45, 7) is 0. The van der Waals surface area contributed by atoms with Crippen LogP contribution in [0, 0.1) is 10.1 Å². The van der Waals surface area contributed by atoms with Gasteiger partial charge in [-0.1, -0.05) is 11.6 Å². The lowest BCUT2D eigenvalue weighted by atomic mass is 10.2. The highest BCUT2D eigenvalue weighted by Crippen LogP contribution is 2.27. The van der Waals surface area contributed by atoms with E-state index in [-0.39, 0.29) is 21.6 Å². The predicted octanol–water partition coefficient (Wildman–Crippen LogP) is 1.57. The number of nitro groups is 1. The van der Waals surface area contributed by atoms with Crippen LogP contribution < -0.4 is 0 Å². The Morgan fingerprint density at radius 1 is 1.50 bits per heavy atom. The normalized spacial score (nSPS) is 12.3. The minimum atomic E-state index is -1.40. The van der Waals surface area contributed by atoms with Crippen molar-refractivity contribution in [2.24, 2.45) is 0 Å². The molecule has 18 heavy (non-hydrogen) atoms. The van der Waals surface area contributed by atoms with Gasteiger partial charge in [-0.2, -0.15) is 0 Å². The Morgan fingerprint density at radius 3 is 2.83 bits per heavy atom. The number of nitrogens with zero attached hydrogens (tertiary/aromatic N) is 4. The quantitative estimate of drug-likeness (QED) is 0.631. The average Bonchev–Trinajstić information content (AvgIpc) is 2.77. The highest BCUT2D eigenvalue weighted by atomic mass is 35.5. The molecule has 2 aromatic rings. The Labute approximate surface area is 109 Å². The van der Waals surface area contributed by atoms with E-state index in [4.69, 9.17) is 11.6 Å². The van der Waals surface area contributed by atoms with Crippen LogP contribution >= 0.6 is 11.6 Å². The molecule has 9 heteroatoms. The van der Waals surface area contributed by atoms with Crippen LogP contribution in [0.1, 0.15) is 0 Å². The molecule has 0 N–H and O–H groups in total. The second-order valence-corrected chi connectivity index (χ2v) is 5.04. The van der Waals surface area contributed by atoms with Crippen molar-refractivity contribution in [3.63, 3.8) is 0 Å². The van der Waals surface area contributed by atoms with Gasteiger partial charge in [-0.3, -0.25) is 18.9 Å². The van der Waals surface area contributed by atoms with Crippen LogP contribution in [0.3, 0.4) is 0 Å². The van der Waals surface area contributed by atoms with E-state index in [9.17, 15) is 14.3 Å². The van der Waals surface area contributed by atoms with E-state index in [1.807, 2.05) is 0 Å². The van der Waals surface area contributed by atoms with Crippen molar-refractivity contribution in [1.29, 1.82) is 0 Å². The number of hydrogen-bond acceptors (Lipinski definition) is 5. The fraction of sp³-hybridized carbons (Fsp3) is 0.111. The summed E-state index contributed by atoms with van der Waals surface area (Å²) in [5, 5.41) is 18.6. The molecule has 1 heterocycles. The van der Waals surface area contributed by atoms with Crippen LogP contribution in [0.2, 0.25) is 5.02 Å². The first-order valence-electron chi connectivity index (χ1n) is 4.68. The topological polar surface area (TPSA) is 90.9 Å². The van der Waals surface area contributed by atoms with Gasteiger partial charge in [0.25, 0.3) is 5.69 Å². The van der Waals surface area contributed by atoms with E-state index < -0.39 is 15.7 Å². The van der Waals surface area contributed by atoms with Crippen molar-refractivity contribution in [3.05, 3.63) is 39.7 Å². The monoisotopic (exact) mass is 286 g/mol. The van der Waals surface area contributed by atoms with E-state index in [0.29, 0.717) is 0 Å². The molecular formula is C9H7ClN4O3S. The van der Waals surface area contributed by atoms with Crippen LogP contribution in [-0.4, -0.2) is 30.2 Å². The zero-order valence-corrected chi connectivity index (χ0v) is 10.7. The summed E-state index contributed by atoms with van der Waals surface area (Å²) in [5.41, 5.74) is 0.0219. The Hall–Kier alpha value is -1.80. The zero-order valence-electron chi connectivity index (χ0n) is 9.11. The summed E-state index contributed by atoms with van der Waals surface area (Å²) in [6.07, 6.45) is 2.69. The summed E-state index contributed by atoms with van der Waals surface area (Å²) < 4.78 is 12.8. The second-order valence-electron chi connectivity index (χ2n) is 3.33. The maximum atomic E-state index is 11.4. The third-order valence-corrected chi connectivity index (χ3v) is 3.19. The van der Waals surface area contributed by atoms with Gasteiger partial charge in [0, 0.05) is 17.3 Å². The molecule has 7 nitrogen and oxygen atoms in total. The van der Waals surface area contributed by atoms with Crippen molar-refractivity contribution in [2.45, 2.75) is 5.16 Å². The Kier molecular flexibility index (Phi) is 3.39. The number of halogens is 1. The van der Waals surface area contributed by atoms with Crippen molar-refractivity contribution in [2.75, 3.05) is 6.26 Å². The standard InChI is InChI=1S/C9H7ClN4O3S/c1-18(17)9-12-11-5-13(9)7-3-2-6(10)4-8(7)14(15)16/h2-5H,1H3/t18-/m1/s1. The van der Waals surface area contributed by atoms with Crippen molar-refractivity contribution < 1.29 is 9.13 Å². The summed E-state index contributed by atoms with van der Waals surface area (Å²) in [4.78, 5) is 10.4. The van der Waals surface area contributed by atoms with E-state index in [1.54, 1.807) is 0 Å². The molecule has 0 aliphatic carbocycles. The lowest BCUT2D eigenvalue weighted by Crippen LogP contribution is -2.04. The van der Waals surface area contributed by atoms with Crippen LogP contribution in [-0.2, 0) is 10.8 Å². The fourth-order valence-corrected chi connectivity index (χ4v) is 2.18. The first-order chi connectivity index (χ1) is 8.50. The minimum Gasteiger partial charge on any atom is -0.268 e. The maximum Gasteiger partial charge on any atom is 0.294 e. The van der Waals surface area contributed by atoms with E-state index in [2.05, 4.69) is 10.2 Å². The van der Waals surface area contributed by atoms with Crippen molar-refractivity contribution in [1.82, 2.24) is 14.8 Å². The van der Waals surface area contributed by atoms with Gasteiger partial charge >= 0.3 is 0 Å². The number of benzene rings is 1. The largest absolute Gasteiger partial charge is 0.294 e. The lowest BCUT2D eigenvalue weighted by molar-refractivity contribution is -0.384. The molecule has 0 fully saturated rings. The molecule has 0 saturated carbocycles. The summed E-state index contributed by atoms with van der Waals surface area (Å²) in [6, 6.07) is 4.19. The van der Waals surface area contributed by atoms with Gasteiger partial charge in [-0.05, 0) is 12.1 Å². The fourth-order valence-electron chi connectivity index (χ4n) is 1.43. The number of rotatable bonds is 3. The van der Waals surface area contributed by atoms with Crippen LogP contribution in [0.5, 0.6) is 0 Å². The lowest BCUT2D eigenvalue weighted by Gasteiger charge is -2.05. The van der Waals surface area contributed by atoms with Gasteiger partial charge in [0.2, 0.25) is 5.16 Å². The van der Waals surface area contributed by atoms with Gasteiger partial charge in [-0.15, -0.1) is 10.2 Å². The van der Waals surface area contributed by atoms with E-state index in [0.717, 1.165) is 0 Å². The maximum absolute atomic E-state index is 11.4. The molecular weight excluding hydrogens is 280 g/mol. The molecule has 0 amide bonds. The minimum absolute atomic E-state index is 0.139. The Bertz CT molecular complexity index is 642. The predicted molar refractivity (Wildman–Crippen MR) is 65.4 cm³/mol. The van der Waals surface area contributed by atoms with Gasteiger partial charge in [-0.25, -0.2) is 0 Å². The summed E-state index contributed by atoms with van der Waals surface area (Å²) in [7, 11) is -1.40. The molecule has 94 valence electrons. The zero-order chi connectivity index (χ0) is 13.3. The molecule has 0 saturated heterocycles. The number of nitro benzene ring substituents is 1. The first-order valence-corrected chi connectivity index (χ1v) is 6.62. The SMILES string of the molecule is C[S@@](=O)c1nncn1-c1ccc(Cl)cc1[N+](=O)[O-]. The van der Waals surface area contributed by atoms with Gasteiger partial charge in [0.05, 0.1) is 15.7 Å². The smallest absolute Gasteiger partial charge is 0.268 e. The van der Waals surface area contributed by atoms with Crippen LogP contribution in [0.4, 0.5) is 5.69 Å².